The monoisotopic (exact) mass is 542 g/mol. The molecular formula is C30H34N6O4. The van der Waals surface area contributed by atoms with E-state index in [9.17, 15) is 4.79 Å². The first-order valence-electron chi connectivity index (χ1n) is 13.4. The van der Waals surface area contributed by atoms with Crippen molar-refractivity contribution >= 4 is 10.9 Å². The maximum absolute atomic E-state index is 13.2. The second-order valence-electron chi connectivity index (χ2n) is 10.0. The highest BCUT2D eigenvalue weighted by molar-refractivity contribution is 5.80. The quantitative estimate of drug-likeness (QED) is 0.235. The zero-order valence-corrected chi connectivity index (χ0v) is 23.2. The Kier molecular flexibility index (Phi) is 8.26. The summed E-state index contributed by atoms with van der Waals surface area (Å²) in [6.45, 7) is 8.12. The van der Waals surface area contributed by atoms with Crippen molar-refractivity contribution in [3.63, 3.8) is 0 Å². The molecule has 3 heterocycles. The summed E-state index contributed by atoms with van der Waals surface area (Å²) in [5.74, 6) is 3.18. The lowest BCUT2D eigenvalue weighted by atomic mass is 10.00. The fourth-order valence-corrected chi connectivity index (χ4v) is 5.00. The molecule has 0 saturated heterocycles. The maximum Gasteiger partial charge on any atom is 0.252 e. The van der Waals surface area contributed by atoms with Crippen LogP contribution < -0.4 is 15.0 Å². The van der Waals surface area contributed by atoms with Crippen LogP contribution in [0.25, 0.3) is 10.9 Å². The molecule has 0 radical (unpaired) electrons. The van der Waals surface area contributed by atoms with Gasteiger partial charge in [-0.05, 0) is 77.4 Å². The first-order chi connectivity index (χ1) is 19.4. The number of pyridine rings is 1. The van der Waals surface area contributed by atoms with Crippen molar-refractivity contribution in [1.82, 2.24) is 30.1 Å². The maximum atomic E-state index is 13.2. The Bertz CT molecular complexity index is 1590. The van der Waals surface area contributed by atoms with Gasteiger partial charge in [0.1, 0.15) is 17.3 Å². The van der Waals surface area contributed by atoms with Gasteiger partial charge in [-0.15, -0.1) is 5.10 Å². The van der Waals surface area contributed by atoms with Crippen LogP contribution in [0.15, 0.2) is 76.1 Å². The number of tetrazole rings is 1. The van der Waals surface area contributed by atoms with Crippen LogP contribution in [0, 0.1) is 5.92 Å². The summed E-state index contributed by atoms with van der Waals surface area (Å²) in [5, 5.41) is 13.7. The lowest BCUT2D eigenvalue weighted by molar-refractivity contribution is 0.116. The third-order valence-corrected chi connectivity index (χ3v) is 6.86. The van der Waals surface area contributed by atoms with Crippen LogP contribution in [-0.2, 0) is 19.6 Å². The van der Waals surface area contributed by atoms with Crippen molar-refractivity contribution < 1.29 is 13.9 Å². The van der Waals surface area contributed by atoms with Gasteiger partial charge >= 0.3 is 0 Å². The molecule has 5 aromatic rings. The van der Waals surface area contributed by atoms with E-state index in [4.69, 9.17) is 13.9 Å². The molecule has 0 bridgehead atoms. The Balaban J connectivity index is 1.51. The molecule has 1 atom stereocenters. The number of hydrogen-bond donors (Lipinski definition) is 1. The van der Waals surface area contributed by atoms with Crippen molar-refractivity contribution in [1.29, 1.82) is 0 Å². The number of nitrogens with one attached hydrogen (secondary N) is 1. The average Bonchev–Trinajstić information content (AvgIpc) is 3.62. The molecule has 0 fully saturated rings. The van der Waals surface area contributed by atoms with Crippen LogP contribution in [-0.4, -0.2) is 43.8 Å². The Morgan fingerprint density at radius 3 is 2.55 bits per heavy atom. The van der Waals surface area contributed by atoms with Gasteiger partial charge in [0.25, 0.3) is 5.56 Å². The number of furan rings is 1. The SMILES string of the molecule is CCOc1ccc2[nH]c(=O)c(CN(Cc3ccco3)[C@@H](c3nnnn3Cc3ccc(OC)cc3)C(C)C)cc2c1. The molecule has 0 aliphatic rings. The van der Waals surface area contributed by atoms with E-state index in [2.05, 4.69) is 39.3 Å². The molecule has 5 rings (SSSR count). The Labute approximate surface area is 232 Å². The number of aromatic nitrogens is 5. The number of nitrogens with zero attached hydrogens (tertiary/aromatic N) is 5. The lowest BCUT2D eigenvalue weighted by Gasteiger charge is -2.33. The molecule has 0 aliphatic heterocycles. The zero-order valence-electron chi connectivity index (χ0n) is 23.2. The molecule has 10 nitrogen and oxygen atoms in total. The Morgan fingerprint density at radius 1 is 1.05 bits per heavy atom. The van der Waals surface area contributed by atoms with Crippen molar-refractivity contribution in [2.45, 2.75) is 46.4 Å². The highest BCUT2D eigenvalue weighted by atomic mass is 16.5. The van der Waals surface area contributed by atoms with Crippen molar-refractivity contribution in [2.24, 2.45) is 5.92 Å². The van der Waals surface area contributed by atoms with Crippen LogP contribution in [0.1, 0.15) is 49.5 Å². The normalized spacial score (nSPS) is 12.3. The van der Waals surface area contributed by atoms with E-state index in [1.165, 1.54) is 0 Å². The minimum absolute atomic E-state index is 0.125. The number of hydrogen-bond acceptors (Lipinski definition) is 8. The van der Waals surface area contributed by atoms with Gasteiger partial charge in [-0.1, -0.05) is 26.0 Å². The molecule has 0 amide bonds. The topological polar surface area (TPSA) is 111 Å². The predicted molar refractivity (Wildman–Crippen MR) is 151 cm³/mol. The largest absolute Gasteiger partial charge is 0.497 e. The van der Waals surface area contributed by atoms with E-state index in [-0.39, 0.29) is 17.5 Å². The van der Waals surface area contributed by atoms with Crippen LogP contribution >= 0.6 is 0 Å². The van der Waals surface area contributed by atoms with E-state index < -0.39 is 0 Å². The van der Waals surface area contributed by atoms with Crippen molar-refractivity contribution in [3.05, 3.63) is 100.0 Å². The number of aromatic amines is 1. The molecule has 208 valence electrons. The smallest absolute Gasteiger partial charge is 0.252 e. The third kappa shape index (κ3) is 6.07. The van der Waals surface area contributed by atoms with Crippen LogP contribution in [0.4, 0.5) is 0 Å². The van der Waals surface area contributed by atoms with Crippen molar-refractivity contribution in [2.75, 3.05) is 13.7 Å². The number of fused-ring (bicyclic) bond motifs is 1. The average molecular weight is 543 g/mol. The first-order valence-corrected chi connectivity index (χ1v) is 13.4. The van der Waals surface area contributed by atoms with E-state index in [0.717, 1.165) is 33.7 Å². The molecular weight excluding hydrogens is 508 g/mol. The summed E-state index contributed by atoms with van der Waals surface area (Å²) in [7, 11) is 1.65. The Hall–Kier alpha value is -4.44. The summed E-state index contributed by atoms with van der Waals surface area (Å²) >= 11 is 0. The van der Waals surface area contributed by atoms with E-state index >= 15 is 0 Å². The van der Waals surface area contributed by atoms with Crippen molar-refractivity contribution in [3.8, 4) is 11.5 Å². The summed E-state index contributed by atoms with van der Waals surface area (Å²) in [6.07, 6.45) is 1.66. The van der Waals surface area contributed by atoms with Crippen LogP contribution in [0.3, 0.4) is 0 Å². The summed E-state index contributed by atoms with van der Waals surface area (Å²) < 4.78 is 18.5. The minimum atomic E-state index is -0.205. The van der Waals surface area contributed by atoms with E-state index in [1.54, 1.807) is 13.4 Å². The lowest BCUT2D eigenvalue weighted by Crippen LogP contribution is -2.35. The molecule has 0 spiro atoms. The number of methoxy groups -OCH3 is 1. The van der Waals surface area contributed by atoms with Gasteiger partial charge in [0, 0.05) is 23.0 Å². The third-order valence-electron chi connectivity index (χ3n) is 6.86. The van der Waals surface area contributed by atoms with Crippen LogP contribution in [0.2, 0.25) is 0 Å². The number of H-pyrrole nitrogens is 1. The number of ether oxygens (including phenoxy) is 2. The molecule has 2 aromatic carbocycles. The van der Waals surface area contributed by atoms with Gasteiger partial charge in [-0.2, -0.15) is 0 Å². The molecule has 40 heavy (non-hydrogen) atoms. The second-order valence-corrected chi connectivity index (χ2v) is 10.0. The highest BCUT2D eigenvalue weighted by Crippen LogP contribution is 2.31. The predicted octanol–water partition coefficient (Wildman–Crippen LogP) is 4.96. The van der Waals surface area contributed by atoms with Gasteiger partial charge in [0.2, 0.25) is 0 Å². The number of rotatable bonds is 12. The molecule has 0 aliphatic carbocycles. The van der Waals surface area contributed by atoms with E-state index in [0.29, 0.717) is 37.6 Å². The molecule has 0 unspecified atom stereocenters. The molecule has 10 heteroatoms. The van der Waals surface area contributed by atoms with Crippen LogP contribution in [0.5, 0.6) is 11.5 Å². The first kappa shape index (κ1) is 27.1. The van der Waals surface area contributed by atoms with Gasteiger partial charge < -0.3 is 18.9 Å². The summed E-state index contributed by atoms with van der Waals surface area (Å²) in [6, 6.07) is 19.1. The highest BCUT2D eigenvalue weighted by Gasteiger charge is 2.30. The minimum Gasteiger partial charge on any atom is -0.497 e. The fraction of sp³-hybridized carbons (Fsp3) is 0.333. The van der Waals surface area contributed by atoms with Gasteiger partial charge in [0.05, 0.1) is 39.1 Å². The summed E-state index contributed by atoms with van der Waals surface area (Å²) in [4.78, 5) is 18.5. The van der Waals surface area contributed by atoms with E-state index in [1.807, 2.05) is 72.3 Å². The molecule has 0 saturated carbocycles. The van der Waals surface area contributed by atoms with Gasteiger partial charge in [0.15, 0.2) is 5.82 Å². The molecule has 1 N–H and O–H groups in total. The second kappa shape index (κ2) is 12.2. The fourth-order valence-electron chi connectivity index (χ4n) is 5.00. The standard InChI is InChI=1S/C30H34N6O4/c1-5-39-25-12-13-27-22(16-25)15-23(30(37)31-27)18-35(19-26-7-6-14-40-26)28(20(2)3)29-32-33-34-36(29)17-21-8-10-24(38-4)11-9-21/h6-16,20,28H,5,17-19H2,1-4H3,(H,31,37)/t28-/m1/s1. The zero-order chi connectivity index (χ0) is 28.1. The molecule has 3 aromatic heterocycles. The number of benzene rings is 2. The Morgan fingerprint density at radius 2 is 1.85 bits per heavy atom. The van der Waals surface area contributed by atoms with Gasteiger partial charge in [-0.25, -0.2) is 4.68 Å². The summed E-state index contributed by atoms with van der Waals surface area (Å²) in [5.41, 5.74) is 2.30. The van der Waals surface area contributed by atoms with Gasteiger partial charge in [-0.3, -0.25) is 9.69 Å².